The van der Waals surface area contributed by atoms with Crippen LogP contribution < -0.4 is 20.3 Å². The van der Waals surface area contributed by atoms with E-state index < -0.39 is 17.7 Å². The number of carbonyl (C=O) groups excluding carboxylic acids is 1. The van der Waals surface area contributed by atoms with Crippen LogP contribution in [-0.4, -0.2) is 16.7 Å². The van der Waals surface area contributed by atoms with Crippen molar-refractivity contribution >= 4 is 73.7 Å². The van der Waals surface area contributed by atoms with Crippen LogP contribution in [0.4, 0.5) is 11.4 Å². The molecular weight excluding hydrogens is 545 g/mol. The Morgan fingerprint density at radius 1 is 1.09 bits per heavy atom. The maximum Gasteiger partial charge on any atom is 0.236 e. The van der Waals surface area contributed by atoms with Crippen molar-refractivity contribution in [1.29, 1.82) is 0 Å². The molecule has 5 rings (SSSR count). The van der Waals surface area contributed by atoms with E-state index in [0.717, 1.165) is 15.7 Å². The van der Waals surface area contributed by atoms with Crippen LogP contribution in [0.3, 0.4) is 0 Å². The van der Waals surface area contributed by atoms with E-state index in [9.17, 15) is 4.79 Å². The van der Waals surface area contributed by atoms with Crippen molar-refractivity contribution in [3.05, 3.63) is 86.8 Å². The van der Waals surface area contributed by atoms with Gasteiger partial charge in [0.1, 0.15) is 11.7 Å². The molecule has 0 aromatic heterocycles. The number of benzene rings is 3. The highest BCUT2D eigenvalue weighted by Crippen LogP contribution is 2.50. The first-order valence-corrected chi connectivity index (χ1v) is 12.1. The molecule has 9 heteroatoms. The Labute approximate surface area is 215 Å². The van der Waals surface area contributed by atoms with Gasteiger partial charge in [-0.2, -0.15) is 0 Å². The van der Waals surface area contributed by atoms with Crippen LogP contribution in [-0.2, 0) is 4.79 Å². The number of hydrogen-bond acceptors (Lipinski definition) is 3. The summed E-state index contributed by atoms with van der Waals surface area (Å²) in [4.78, 5) is 15.6. The first-order chi connectivity index (χ1) is 15.8. The van der Waals surface area contributed by atoms with E-state index in [2.05, 4.69) is 26.6 Å². The second kappa shape index (κ2) is 8.47. The molecule has 2 bridgehead atoms. The van der Waals surface area contributed by atoms with Gasteiger partial charge < -0.3 is 15.4 Å². The summed E-state index contributed by atoms with van der Waals surface area (Å²) in [5, 5.41) is 7.99. The van der Waals surface area contributed by atoms with Crippen molar-refractivity contribution in [2.24, 2.45) is 5.92 Å². The normalized spacial score (nSPS) is 23.3. The fraction of sp³-hybridized carbons (Fsp3) is 0.167. The second-order valence-corrected chi connectivity index (χ2v) is 10.2. The van der Waals surface area contributed by atoms with Gasteiger partial charge in [0.2, 0.25) is 5.91 Å². The minimum absolute atomic E-state index is 0.215. The van der Waals surface area contributed by atoms with Gasteiger partial charge in [0, 0.05) is 31.5 Å². The summed E-state index contributed by atoms with van der Waals surface area (Å²) in [6.45, 7) is 1.89. The molecule has 3 aromatic rings. The average Bonchev–Trinajstić information content (AvgIpc) is 2.77. The quantitative estimate of drug-likeness (QED) is 0.354. The highest BCUT2D eigenvalue weighted by molar-refractivity contribution is 9.10. The van der Waals surface area contributed by atoms with E-state index in [4.69, 9.17) is 40.2 Å². The molecule has 0 radical (unpaired) electrons. The lowest BCUT2D eigenvalue weighted by atomic mass is 9.78. The monoisotopic (exact) mass is 561 g/mol. The molecule has 3 atom stereocenters. The summed E-state index contributed by atoms with van der Waals surface area (Å²) in [6.07, 6.45) is 0. The van der Waals surface area contributed by atoms with E-state index in [0.29, 0.717) is 26.6 Å². The van der Waals surface area contributed by atoms with Crippen LogP contribution in [0, 0.1) is 5.92 Å². The van der Waals surface area contributed by atoms with Gasteiger partial charge in [-0.3, -0.25) is 9.69 Å². The molecule has 0 unspecified atom stereocenters. The number of carbonyl (C=O) groups is 1. The summed E-state index contributed by atoms with van der Waals surface area (Å²) in [6, 6.07) is 19.7. The van der Waals surface area contributed by atoms with E-state index in [1.54, 1.807) is 30.3 Å². The predicted molar refractivity (Wildman–Crippen MR) is 139 cm³/mol. The van der Waals surface area contributed by atoms with Crippen molar-refractivity contribution in [2.45, 2.75) is 18.7 Å². The molecule has 3 aromatic carbocycles. The van der Waals surface area contributed by atoms with E-state index in [-0.39, 0.29) is 5.91 Å². The van der Waals surface area contributed by atoms with Crippen LogP contribution >= 0.6 is 51.3 Å². The Morgan fingerprint density at radius 2 is 1.76 bits per heavy atom. The zero-order valence-corrected chi connectivity index (χ0v) is 21.2. The summed E-state index contributed by atoms with van der Waals surface area (Å²) in [5.74, 6) is -0.221. The maximum atomic E-state index is 13.7. The molecule has 1 fully saturated rings. The van der Waals surface area contributed by atoms with Crippen LogP contribution in [0.5, 0.6) is 5.75 Å². The Balaban J connectivity index is 1.62. The molecule has 0 aliphatic carbocycles. The number of hydrogen-bond donors (Lipinski definition) is 2. The second-order valence-electron chi connectivity index (χ2n) is 8.05. The highest BCUT2D eigenvalue weighted by Gasteiger charge is 2.59. The molecule has 168 valence electrons. The zero-order valence-electron chi connectivity index (χ0n) is 17.3. The minimum atomic E-state index is -1.10. The van der Waals surface area contributed by atoms with Crippen LogP contribution in [0.15, 0.2) is 71.2 Å². The van der Waals surface area contributed by atoms with Gasteiger partial charge in [-0.05, 0) is 85.9 Å². The predicted octanol–water partition coefficient (Wildman–Crippen LogP) is 6.56. The van der Waals surface area contributed by atoms with Gasteiger partial charge in [-0.1, -0.05) is 39.1 Å². The molecule has 2 heterocycles. The zero-order chi connectivity index (χ0) is 23.3. The van der Waals surface area contributed by atoms with E-state index >= 15 is 0 Å². The van der Waals surface area contributed by atoms with Crippen molar-refractivity contribution in [2.75, 3.05) is 10.2 Å². The molecule has 2 aliphatic rings. The maximum absolute atomic E-state index is 13.7. The fourth-order valence-corrected chi connectivity index (χ4v) is 5.47. The molecule has 0 spiro atoms. The van der Waals surface area contributed by atoms with E-state index in [1.807, 2.05) is 48.2 Å². The number of nitrogens with zero attached hydrogens (tertiary/aromatic N) is 1. The van der Waals surface area contributed by atoms with Crippen molar-refractivity contribution in [3.63, 3.8) is 0 Å². The van der Waals surface area contributed by atoms with Gasteiger partial charge in [0.05, 0.1) is 6.04 Å². The summed E-state index contributed by atoms with van der Waals surface area (Å²) >= 11 is 21.5. The lowest BCUT2D eigenvalue weighted by Crippen LogP contribution is -2.72. The standard InChI is InChI=1S/C24H18BrCl2N3O2S/c1-24-20(22(31)28-16-7-4-14(26)5-8-16)21(18-12-15(27)6-11-19(18)32-24)29-23(33)30(24)17-9-2-13(25)3-10-17/h2-12,20-21H,1H3,(H,28,31)(H,29,33)/t20-,21-,24+/m1/s1. The number of nitrogens with one attached hydrogen (secondary N) is 2. The third-order valence-corrected chi connectivity index (χ3v) is 7.26. The number of amides is 1. The van der Waals surface area contributed by atoms with Gasteiger partial charge in [0.25, 0.3) is 0 Å². The highest BCUT2D eigenvalue weighted by atomic mass is 79.9. The third kappa shape index (κ3) is 3.97. The molecule has 33 heavy (non-hydrogen) atoms. The smallest absolute Gasteiger partial charge is 0.236 e. The summed E-state index contributed by atoms with van der Waals surface area (Å²) in [7, 11) is 0. The fourth-order valence-electron chi connectivity index (χ4n) is 4.49. The third-order valence-electron chi connectivity index (χ3n) is 5.94. The number of fused-ring (bicyclic) bond motifs is 4. The molecule has 0 saturated carbocycles. The molecular formula is C24H18BrCl2N3O2S. The Morgan fingerprint density at radius 3 is 2.45 bits per heavy atom. The number of anilines is 2. The van der Waals surface area contributed by atoms with Crippen LogP contribution in [0.2, 0.25) is 10.0 Å². The number of ether oxygens (including phenoxy) is 1. The largest absolute Gasteiger partial charge is 0.467 e. The molecule has 2 aliphatic heterocycles. The number of rotatable bonds is 3. The molecule has 1 saturated heterocycles. The van der Waals surface area contributed by atoms with Crippen LogP contribution in [0.25, 0.3) is 0 Å². The molecule has 5 nitrogen and oxygen atoms in total. The summed E-state index contributed by atoms with van der Waals surface area (Å²) < 4.78 is 7.49. The Kier molecular flexibility index (Phi) is 5.77. The molecule has 1 amide bonds. The van der Waals surface area contributed by atoms with Gasteiger partial charge in [0.15, 0.2) is 10.8 Å². The number of thiocarbonyl (C=S) groups is 1. The summed E-state index contributed by atoms with van der Waals surface area (Å²) in [5.41, 5.74) is 1.13. The minimum Gasteiger partial charge on any atom is -0.467 e. The van der Waals surface area contributed by atoms with E-state index in [1.165, 1.54) is 0 Å². The number of halogens is 3. The Hall–Kier alpha value is -2.32. The lowest BCUT2D eigenvalue weighted by molar-refractivity contribution is -0.130. The van der Waals surface area contributed by atoms with Crippen LogP contribution in [0.1, 0.15) is 18.5 Å². The van der Waals surface area contributed by atoms with Gasteiger partial charge in [-0.15, -0.1) is 0 Å². The Bertz CT molecular complexity index is 1260. The SMILES string of the molecule is C[C@@]12Oc3ccc(Cl)cc3[C@@H](NC(=S)N1c1ccc(Br)cc1)[C@@H]2C(=O)Nc1ccc(Cl)cc1. The van der Waals surface area contributed by atoms with Crippen molar-refractivity contribution in [1.82, 2.24) is 5.32 Å². The lowest BCUT2D eigenvalue weighted by Gasteiger charge is -2.56. The van der Waals surface area contributed by atoms with Crippen molar-refractivity contribution in [3.8, 4) is 5.75 Å². The van der Waals surface area contributed by atoms with Gasteiger partial charge in [-0.25, -0.2) is 0 Å². The first kappa shape index (κ1) is 22.5. The first-order valence-electron chi connectivity index (χ1n) is 10.2. The topological polar surface area (TPSA) is 53.6 Å². The average molecular weight is 563 g/mol. The van der Waals surface area contributed by atoms with Crippen molar-refractivity contribution < 1.29 is 9.53 Å². The molecule has 2 N–H and O–H groups in total. The van der Waals surface area contributed by atoms with Gasteiger partial charge >= 0.3 is 0 Å².